The van der Waals surface area contributed by atoms with E-state index in [9.17, 15) is 5.11 Å². The molecule has 2 N–H and O–H groups in total. The zero-order valence-corrected chi connectivity index (χ0v) is 15.1. The molecule has 2 aliphatic heterocycles. The van der Waals surface area contributed by atoms with Crippen molar-refractivity contribution in [2.75, 3.05) is 28.4 Å². The van der Waals surface area contributed by atoms with Crippen LogP contribution in [-0.2, 0) is 18.9 Å². The number of aliphatic hydroxyl groups is 1. The van der Waals surface area contributed by atoms with Crippen molar-refractivity contribution in [1.29, 1.82) is 0 Å². The van der Waals surface area contributed by atoms with Crippen LogP contribution in [0, 0.1) is 0 Å². The third kappa shape index (κ3) is 2.41. The zero-order valence-electron chi connectivity index (χ0n) is 15.1. The average Bonchev–Trinajstić information content (AvgIpc) is 3.00. The number of likely N-dealkylation sites (N-methyl/N-ethyl adjacent to an activating group) is 1. The minimum absolute atomic E-state index is 0.107. The van der Waals surface area contributed by atoms with Gasteiger partial charge in [0.05, 0.1) is 45.1 Å². The molecule has 0 fully saturated rings. The first-order chi connectivity index (χ1) is 11.3. The van der Waals surface area contributed by atoms with Gasteiger partial charge in [0.1, 0.15) is 11.9 Å². The molecule has 6 heteroatoms. The molecule has 0 bridgehead atoms. The van der Waals surface area contributed by atoms with Crippen LogP contribution in [0.25, 0.3) is 0 Å². The van der Waals surface area contributed by atoms with Gasteiger partial charge in [-0.1, -0.05) is 0 Å². The Balaban J connectivity index is 2.08. The number of allylic oxidation sites excluding steroid dienone is 2. The molecule has 2 unspecified atom stereocenters. The lowest BCUT2D eigenvalue weighted by molar-refractivity contribution is -0.874. The Bertz CT molecular complexity index is 665. The van der Waals surface area contributed by atoms with Crippen molar-refractivity contribution in [3.63, 3.8) is 0 Å². The Morgan fingerprint density at radius 2 is 1.88 bits per heavy atom. The van der Waals surface area contributed by atoms with Crippen molar-refractivity contribution in [2.24, 2.45) is 0 Å². The first kappa shape index (κ1) is 16.9. The van der Waals surface area contributed by atoms with E-state index in [4.69, 9.17) is 18.9 Å². The van der Waals surface area contributed by atoms with Crippen LogP contribution in [0.3, 0.4) is 0 Å². The number of nitrogens with one attached hydrogen (secondary N) is 1. The Kier molecular flexibility index (Phi) is 4.13. The van der Waals surface area contributed by atoms with E-state index in [1.165, 1.54) is 0 Å². The van der Waals surface area contributed by atoms with Crippen molar-refractivity contribution >= 4 is 0 Å². The SMILES string of the molecule is COC1=C(OC)C2C(=C(OC)C3=C(O[C@H](C(C)(C)O)C3)[NH+]2C)C=C1. The first-order valence-corrected chi connectivity index (χ1v) is 8.08. The Morgan fingerprint density at radius 3 is 2.42 bits per heavy atom. The van der Waals surface area contributed by atoms with Gasteiger partial charge in [-0.2, -0.15) is 0 Å². The van der Waals surface area contributed by atoms with E-state index in [1.54, 1.807) is 35.2 Å². The van der Waals surface area contributed by atoms with Crippen LogP contribution in [0.5, 0.6) is 0 Å². The van der Waals surface area contributed by atoms with Gasteiger partial charge in [-0.25, -0.2) is 0 Å². The van der Waals surface area contributed by atoms with Crippen molar-refractivity contribution in [1.82, 2.24) is 0 Å². The Labute approximate surface area is 142 Å². The molecule has 3 atom stereocenters. The Hall–Kier alpha value is -1.92. The number of rotatable bonds is 4. The summed E-state index contributed by atoms with van der Waals surface area (Å²) in [5.74, 6) is 3.03. The largest absolute Gasteiger partial charge is 0.496 e. The van der Waals surface area contributed by atoms with Gasteiger partial charge in [0.25, 0.3) is 5.88 Å². The summed E-state index contributed by atoms with van der Waals surface area (Å²) >= 11 is 0. The van der Waals surface area contributed by atoms with Gasteiger partial charge >= 0.3 is 0 Å². The fraction of sp³-hybridized carbons (Fsp3) is 0.556. The third-order valence-corrected chi connectivity index (χ3v) is 4.91. The second-order valence-electron chi connectivity index (χ2n) is 6.85. The molecule has 0 amide bonds. The van der Waals surface area contributed by atoms with E-state index in [0.717, 1.165) is 33.4 Å². The first-order valence-electron chi connectivity index (χ1n) is 8.08. The maximum Gasteiger partial charge on any atom is 0.298 e. The van der Waals surface area contributed by atoms with Gasteiger partial charge in [0, 0.05) is 6.42 Å². The number of ether oxygens (including phenoxy) is 4. The molecule has 0 spiro atoms. The molecule has 132 valence electrons. The van der Waals surface area contributed by atoms with Crippen LogP contribution in [-0.4, -0.2) is 51.2 Å². The van der Waals surface area contributed by atoms with E-state index in [1.807, 2.05) is 19.2 Å². The van der Waals surface area contributed by atoms with Crippen molar-refractivity contribution in [3.05, 3.63) is 46.5 Å². The summed E-state index contributed by atoms with van der Waals surface area (Å²) in [6.45, 7) is 3.53. The van der Waals surface area contributed by atoms with E-state index < -0.39 is 5.60 Å². The van der Waals surface area contributed by atoms with Crippen molar-refractivity contribution < 1.29 is 29.0 Å². The highest BCUT2D eigenvalue weighted by Crippen LogP contribution is 2.39. The van der Waals surface area contributed by atoms with Crippen LogP contribution in [0.15, 0.2) is 46.5 Å². The normalized spacial score (nSPS) is 29.4. The topological polar surface area (TPSA) is 61.6 Å². The van der Waals surface area contributed by atoms with Crippen LogP contribution in [0.2, 0.25) is 0 Å². The monoisotopic (exact) mass is 336 g/mol. The van der Waals surface area contributed by atoms with Gasteiger partial charge in [-0.3, -0.25) is 4.90 Å². The van der Waals surface area contributed by atoms with Crippen LogP contribution >= 0.6 is 0 Å². The summed E-state index contributed by atoms with van der Waals surface area (Å²) in [6.07, 6.45) is 4.22. The van der Waals surface area contributed by atoms with Gasteiger partial charge in [0.2, 0.25) is 5.76 Å². The van der Waals surface area contributed by atoms with Gasteiger partial charge in [0.15, 0.2) is 11.8 Å². The molecular formula is C18H26NO5+. The molecule has 0 saturated carbocycles. The van der Waals surface area contributed by atoms with Crippen LogP contribution in [0.4, 0.5) is 0 Å². The molecule has 1 aliphatic carbocycles. The summed E-state index contributed by atoms with van der Waals surface area (Å²) < 4.78 is 22.9. The number of quaternary nitrogens is 1. The minimum atomic E-state index is -0.931. The molecule has 6 nitrogen and oxygen atoms in total. The molecule has 0 aromatic rings. The minimum Gasteiger partial charge on any atom is -0.496 e. The molecular weight excluding hydrogens is 310 g/mol. The third-order valence-electron chi connectivity index (χ3n) is 4.91. The fourth-order valence-corrected chi connectivity index (χ4v) is 3.65. The van der Waals surface area contributed by atoms with E-state index in [-0.39, 0.29) is 12.1 Å². The molecule has 0 aromatic carbocycles. The van der Waals surface area contributed by atoms with Gasteiger partial charge in [-0.15, -0.1) is 0 Å². The van der Waals surface area contributed by atoms with E-state index in [2.05, 4.69) is 0 Å². The predicted molar refractivity (Wildman–Crippen MR) is 87.7 cm³/mol. The highest BCUT2D eigenvalue weighted by molar-refractivity contribution is 5.50. The van der Waals surface area contributed by atoms with E-state index >= 15 is 0 Å². The van der Waals surface area contributed by atoms with Crippen LogP contribution < -0.4 is 4.90 Å². The summed E-state index contributed by atoms with van der Waals surface area (Å²) in [5.41, 5.74) is 1.11. The summed E-state index contributed by atoms with van der Waals surface area (Å²) in [4.78, 5) is 1.04. The maximum absolute atomic E-state index is 10.4. The number of hydrogen-bond acceptors (Lipinski definition) is 5. The molecule has 2 heterocycles. The predicted octanol–water partition coefficient (Wildman–Crippen LogP) is 0.629. The standard InChI is InChI=1S/C18H25NO5/c1-18(2,20)13-9-11-15(22-5)10-7-8-12(21-4)16(23-6)14(10)19(3)17(11)24-13/h7-8,13-14,20H,9H2,1-6H3/p+1/t13-,14?/m0/s1. The van der Waals surface area contributed by atoms with Crippen molar-refractivity contribution in [2.45, 2.75) is 38.0 Å². The Morgan fingerprint density at radius 1 is 1.17 bits per heavy atom. The van der Waals surface area contributed by atoms with Gasteiger partial charge in [-0.05, 0) is 26.0 Å². The quantitative estimate of drug-likeness (QED) is 0.789. The summed E-state index contributed by atoms with van der Waals surface area (Å²) in [5, 5.41) is 10.4. The highest BCUT2D eigenvalue weighted by Gasteiger charge is 2.50. The lowest BCUT2D eigenvalue weighted by Gasteiger charge is -2.34. The van der Waals surface area contributed by atoms with Crippen molar-refractivity contribution in [3.8, 4) is 0 Å². The van der Waals surface area contributed by atoms with Gasteiger partial charge < -0.3 is 24.1 Å². The molecule has 0 saturated heterocycles. The molecule has 3 aliphatic rings. The lowest BCUT2D eigenvalue weighted by atomic mass is 9.88. The molecule has 3 rings (SSSR count). The second kappa shape index (κ2) is 5.86. The molecule has 0 radical (unpaired) electrons. The second-order valence-corrected chi connectivity index (χ2v) is 6.85. The smallest absolute Gasteiger partial charge is 0.298 e. The zero-order chi connectivity index (χ0) is 17.6. The lowest BCUT2D eigenvalue weighted by Crippen LogP contribution is -3.12. The molecule has 24 heavy (non-hydrogen) atoms. The average molecular weight is 336 g/mol. The summed E-state index contributed by atoms with van der Waals surface area (Å²) in [7, 11) is 6.97. The van der Waals surface area contributed by atoms with Crippen LogP contribution in [0.1, 0.15) is 20.3 Å². The number of fused-ring (bicyclic) bond motifs is 1. The maximum atomic E-state index is 10.4. The number of methoxy groups -OCH3 is 3. The summed E-state index contributed by atoms with van der Waals surface area (Å²) in [6, 6.07) is -0.107. The number of hydrogen-bond donors (Lipinski definition) is 2. The highest BCUT2D eigenvalue weighted by atomic mass is 16.5. The van der Waals surface area contributed by atoms with E-state index in [0.29, 0.717) is 12.2 Å². The fourth-order valence-electron chi connectivity index (χ4n) is 3.65. The molecule has 0 aromatic heterocycles.